The Morgan fingerprint density at radius 2 is 2.05 bits per heavy atom. The summed E-state index contributed by atoms with van der Waals surface area (Å²) in [5.74, 6) is -1.06. The number of fused-ring (bicyclic) bond motifs is 1. The summed E-state index contributed by atoms with van der Waals surface area (Å²) >= 11 is 0. The minimum atomic E-state index is -0.556. The summed E-state index contributed by atoms with van der Waals surface area (Å²) in [7, 11) is 0. The molecule has 2 rings (SSSR count). The predicted molar refractivity (Wildman–Crippen MR) is 67.3 cm³/mol. The molecular formula is C13H14N2O4. The van der Waals surface area contributed by atoms with Gasteiger partial charge in [-0.25, -0.2) is 9.78 Å². The predicted octanol–water partition coefficient (Wildman–Crippen LogP) is 1.14. The van der Waals surface area contributed by atoms with E-state index in [4.69, 9.17) is 4.74 Å². The molecule has 0 radical (unpaired) electrons. The molecule has 0 fully saturated rings. The highest BCUT2D eigenvalue weighted by atomic mass is 16.6. The van der Waals surface area contributed by atoms with Gasteiger partial charge in [0, 0.05) is 6.92 Å². The molecule has 1 aromatic heterocycles. The van der Waals surface area contributed by atoms with Crippen LogP contribution in [0.15, 0.2) is 30.6 Å². The highest BCUT2D eigenvalue weighted by molar-refractivity contribution is 5.75. The van der Waals surface area contributed by atoms with E-state index < -0.39 is 11.9 Å². The first-order chi connectivity index (χ1) is 9.16. The average molecular weight is 262 g/mol. The quantitative estimate of drug-likeness (QED) is 0.756. The number of rotatable bonds is 5. The Labute approximate surface area is 109 Å². The Hall–Kier alpha value is -2.37. The van der Waals surface area contributed by atoms with Crippen LogP contribution in [0.3, 0.4) is 0 Å². The lowest BCUT2D eigenvalue weighted by Gasteiger charge is -2.06. The van der Waals surface area contributed by atoms with E-state index in [0.717, 1.165) is 11.0 Å². The molecule has 1 aromatic carbocycles. The Morgan fingerprint density at radius 3 is 2.84 bits per heavy atom. The molecule has 100 valence electrons. The molecule has 0 aliphatic rings. The van der Waals surface area contributed by atoms with Crippen molar-refractivity contribution in [2.45, 2.75) is 13.5 Å². The van der Waals surface area contributed by atoms with Crippen LogP contribution in [0.25, 0.3) is 11.0 Å². The van der Waals surface area contributed by atoms with E-state index >= 15 is 0 Å². The zero-order valence-electron chi connectivity index (χ0n) is 10.5. The Kier molecular flexibility index (Phi) is 4.12. The lowest BCUT2D eigenvalue weighted by atomic mass is 10.3. The lowest BCUT2D eigenvalue weighted by molar-refractivity contribution is -0.157. The van der Waals surface area contributed by atoms with Crippen LogP contribution >= 0.6 is 0 Å². The molecule has 2 aromatic rings. The molecule has 19 heavy (non-hydrogen) atoms. The molecule has 0 saturated carbocycles. The van der Waals surface area contributed by atoms with Crippen molar-refractivity contribution in [2.24, 2.45) is 0 Å². The number of imidazole rings is 1. The maximum atomic E-state index is 11.2. The largest absolute Gasteiger partial charge is 0.461 e. The van der Waals surface area contributed by atoms with Crippen LogP contribution in [-0.2, 0) is 25.6 Å². The number of esters is 2. The van der Waals surface area contributed by atoms with Gasteiger partial charge in [0.2, 0.25) is 0 Å². The lowest BCUT2D eigenvalue weighted by Crippen LogP contribution is -2.17. The summed E-state index contributed by atoms with van der Waals surface area (Å²) in [4.78, 5) is 26.0. The van der Waals surface area contributed by atoms with E-state index in [-0.39, 0.29) is 13.2 Å². The molecule has 0 aliphatic heterocycles. The molecule has 0 amide bonds. The molecule has 0 saturated heterocycles. The fraction of sp³-hybridized carbons (Fsp3) is 0.308. The van der Waals surface area contributed by atoms with Crippen LogP contribution < -0.4 is 0 Å². The normalized spacial score (nSPS) is 10.4. The minimum Gasteiger partial charge on any atom is -0.461 e. The van der Waals surface area contributed by atoms with Gasteiger partial charge in [0.05, 0.1) is 23.9 Å². The van der Waals surface area contributed by atoms with Crippen molar-refractivity contribution in [1.29, 1.82) is 0 Å². The first-order valence-electron chi connectivity index (χ1n) is 5.85. The Bertz CT molecular complexity index is 591. The monoisotopic (exact) mass is 262 g/mol. The van der Waals surface area contributed by atoms with E-state index in [1.165, 1.54) is 6.92 Å². The van der Waals surface area contributed by atoms with Gasteiger partial charge in [-0.15, -0.1) is 0 Å². The minimum absolute atomic E-state index is 0.209. The summed E-state index contributed by atoms with van der Waals surface area (Å²) in [5.41, 5.74) is 1.88. The third-order valence-corrected chi connectivity index (χ3v) is 2.52. The maximum Gasteiger partial charge on any atom is 0.344 e. The molecule has 0 bridgehead atoms. The van der Waals surface area contributed by atoms with Crippen LogP contribution in [0.5, 0.6) is 0 Å². The number of aromatic nitrogens is 2. The first kappa shape index (κ1) is 13.1. The second-order valence-electron chi connectivity index (χ2n) is 3.93. The van der Waals surface area contributed by atoms with Gasteiger partial charge in [0.1, 0.15) is 6.61 Å². The van der Waals surface area contributed by atoms with Crippen molar-refractivity contribution in [1.82, 2.24) is 9.55 Å². The highest BCUT2D eigenvalue weighted by Crippen LogP contribution is 2.11. The number of nitrogens with zero attached hydrogens (tertiary/aromatic N) is 2. The molecular weight excluding hydrogens is 248 g/mol. The summed E-state index contributed by atoms with van der Waals surface area (Å²) in [6, 6.07) is 7.70. The summed E-state index contributed by atoms with van der Waals surface area (Å²) in [6.07, 6.45) is 1.70. The Balaban J connectivity index is 1.83. The average Bonchev–Trinajstić information content (AvgIpc) is 2.80. The van der Waals surface area contributed by atoms with Gasteiger partial charge in [-0.1, -0.05) is 12.1 Å². The van der Waals surface area contributed by atoms with Gasteiger partial charge in [-0.05, 0) is 12.1 Å². The van der Waals surface area contributed by atoms with Crippen molar-refractivity contribution >= 4 is 23.0 Å². The number of para-hydroxylation sites is 2. The maximum absolute atomic E-state index is 11.2. The molecule has 0 atom stereocenters. The van der Waals surface area contributed by atoms with E-state index in [1.54, 1.807) is 6.33 Å². The zero-order valence-corrected chi connectivity index (χ0v) is 10.5. The van der Waals surface area contributed by atoms with Crippen molar-refractivity contribution < 1.29 is 19.1 Å². The van der Waals surface area contributed by atoms with Crippen LogP contribution in [0.4, 0.5) is 0 Å². The number of carbonyl (C=O) groups is 2. The summed E-state index contributed by atoms with van der Waals surface area (Å²) in [6.45, 7) is 1.61. The third-order valence-electron chi connectivity index (χ3n) is 2.52. The fourth-order valence-corrected chi connectivity index (χ4v) is 1.65. The van der Waals surface area contributed by atoms with Gasteiger partial charge in [0.15, 0.2) is 6.61 Å². The van der Waals surface area contributed by atoms with Crippen molar-refractivity contribution in [3.63, 3.8) is 0 Å². The zero-order chi connectivity index (χ0) is 13.7. The molecule has 0 unspecified atom stereocenters. The number of hydrogen-bond acceptors (Lipinski definition) is 5. The van der Waals surface area contributed by atoms with Gasteiger partial charge in [0.25, 0.3) is 0 Å². The van der Waals surface area contributed by atoms with Gasteiger partial charge in [-0.3, -0.25) is 4.79 Å². The number of ether oxygens (including phenoxy) is 2. The molecule has 0 N–H and O–H groups in total. The van der Waals surface area contributed by atoms with Crippen LogP contribution in [0.2, 0.25) is 0 Å². The van der Waals surface area contributed by atoms with Gasteiger partial charge < -0.3 is 14.0 Å². The van der Waals surface area contributed by atoms with Crippen molar-refractivity contribution in [3.05, 3.63) is 30.6 Å². The standard InChI is InChI=1S/C13H14N2O4/c1-10(16)19-8-13(17)18-7-6-15-9-14-11-4-2-3-5-12(11)15/h2-5,9H,6-8H2,1H3. The SMILES string of the molecule is CC(=O)OCC(=O)OCCn1cnc2ccccc21. The number of hydrogen-bond donors (Lipinski definition) is 0. The van der Waals surface area contributed by atoms with E-state index in [1.807, 2.05) is 28.8 Å². The molecule has 0 aliphatic carbocycles. The van der Waals surface area contributed by atoms with E-state index in [9.17, 15) is 9.59 Å². The second kappa shape index (κ2) is 5.99. The fourth-order valence-electron chi connectivity index (χ4n) is 1.65. The third kappa shape index (κ3) is 3.54. The highest BCUT2D eigenvalue weighted by Gasteiger charge is 2.06. The second-order valence-corrected chi connectivity index (χ2v) is 3.93. The van der Waals surface area contributed by atoms with Crippen LogP contribution in [0.1, 0.15) is 6.92 Å². The number of carbonyl (C=O) groups excluding carboxylic acids is 2. The molecule has 0 spiro atoms. The summed E-state index contributed by atoms with van der Waals surface area (Å²) in [5, 5.41) is 0. The first-order valence-corrected chi connectivity index (χ1v) is 5.85. The van der Waals surface area contributed by atoms with Crippen LogP contribution in [-0.4, -0.2) is 34.7 Å². The van der Waals surface area contributed by atoms with Crippen LogP contribution in [0, 0.1) is 0 Å². The van der Waals surface area contributed by atoms with E-state index in [0.29, 0.717) is 6.54 Å². The molecule has 6 heteroatoms. The number of benzene rings is 1. The molecule has 1 heterocycles. The van der Waals surface area contributed by atoms with Crippen molar-refractivity contribution in [3.8, 4) is 0 Å². The van der Waals surface area contributed by atoms with E-state index in [2.05, 4.69) is 9.72 Å². The van der Waals surface area contributed by atoms with Gasteiger partial charge in [-0.2, -0.15) is 0 Å². The molecule has 6 nitrogen and oxygen atoms in total. The topological polar surface area (TPSA) is 70.4 Å². The smallest absolute Gasteiger partial charge is 0.344 e. The van der Waals surface area contributed by atoms with Crippen molar-refractivity contribution in [2.75, 3.05) is 13.2 Å². The van der Waals surface area contributed by atoms with Gasteiger partial charge >= 0.3 is 11.9 Å². The Morgan fingerprint density at radius 1 is 1.26 bits per heavy atom. The summed E-state index contributed by atoms with van der Waals surface area (Å²) < 4.78 is 11.4.